The lowest BCUT2D eigenvalue weighted by Gasteiger charge is -2.18. The Morgan fingerprint density at radius 2 is 2.17 bits per heavy atom. The maximum atomic E-state index is 5.69. The Balaban J connectivity index is 2.06. The molecule has 2 aromatic rings. The van der Waals surface area contributed by atoms with Crippen LogP contribution in [-0.4, -0.2) is 11.6 Å². The highest BCUT2D eigenvalue weighted by molar-refractivity contribution is 5.69. The monoisotopic (exact) mass is 240 g/mol. The van der Waals surface area contributed by atoms with Gasteiger partial charge in [-0.1, -0.05) is 6.07 Å². The summed E-state index contributed by atoms with van der Waals surface area (Å²) in [6, 6.07) is 8.25. The van der Waals surface area contributed by atoms with Crippen molar-refractivity contribution in [3.8, 4) is 16.9 Å². The zero-order valence-electron chi connectivity index (χ0n) is 10.4. The number of nitrogens with two attached hydrogens (primary N) is 1. The van der Waals surface area contributed by atoms with Gasteiger partial charge in [-0.25, -0.2) is 4.98 Å². The largest absolute Gasteiger partial charge is 0.493 e. The van der Waals surface area contributed by atoms with E-state index < -0.39 is 0 Å². The van der Waals surface area contributed by atoms with Gasteiger partial charge in [-0.05, 0) is 54.7 Å². The number of pyridine rings is 1. The number of hydrogen-bond donors (Lipinski definition) is 1. The van der Waals surface area contributed by atoms with Crippen LogP contribution in [0.5, 0.6) is 5.75 Å². The summed E-state index contributed by atoms with van der Waals surface area (Å²) in [5.74, 6) is 1.59. The molecule has 0 aliphatic carbocycles. The summed E-state index contributed by atoms with van der Waals surface area (Å²) >= 11 is 0. The van der Waals surface area contributed by atoms with Crippen LogP contribution in [0.2, 0.25) is 0 Å². The van der Waals surface area contributed by atoms with E-state index in [2.05, 4.69) is 30.1 Å². The Hall–Kier alpha value is -2.03. The first kappa shape index (κ1) is 11.1. The second kappa shape index (κ2) is 4.33. The molecule has 1 aromatic heterocycles. The Morgan fingerprint density at radius 1 is 1.28 bits per heavy atom. The predicted octanol–water partition coefficient (Wildman–Crippen LogP) is 2.96. The third kappa shape index (κ3) is 1.92. The van der Waals surface area contributed by atoms with Gasteiger partial charge in [-0.15, -0.1) is 0 Å². The average molecular weight is 240 g/mol. The molecule has 3 rings (SSSR count). The van der Waals surface area contributed by atoms with Gasteiger partial charge in [0.25, 0.3) is 0 Å². The number of benzene rings is 1. The summed E-state index contributed by atoms with van der Waals surface area (Å²) in [5, 5.41) is 0. The van der Waals surface area contributed by atoms with Crippen LogP contribution in [0.15, 0.2) is 30.5 Å². The van der Waals surface area contributed by atoms with Crippen LogP contribution in [0.4, 0.5) is 5.82 Å². The van der Waals surface area contributed by atoms with Crippen molar-refractivity contribution in [1.82, 2.24) is 4.98 Å². The molecule has 0 fully saturated rings. The third-order valence-corrected chi connectivity index (χ3v) is 3.35. The van der Waals surface area contributed by atoms with Crippen LogP contribution in [0, 0.1) is 6.92 Å². The molecule has 0 saturated heterocycles. The SMILES string of the molecule is Cc1cc(N)ncc1-c1ccc2c(c1)CCCO2. The molecule has 0 atom stereocenters. The molecular weight excluding hydrogens is 224 g/mol. The Bertz CT molecular complexity index is 593. The smallest absolute Gasteiger partial charge is 0.123 e. The molecule has 1 aromatic carbocycles. The summed E-state index contributed by atoms with van der Waals surface area (Å²) in [7, 11) is 0. The highest BCUT2D eigenvalue weighted by Gasteiger charge is 2.12. The summed E-state index contributed by atoms with van der Waals surface area (Å²) < 4.78 is 5.63. The number of fused-ring (bicyclic) bond motifs is 1. The van der Waals surface area contributed by atoms with Crippen molar-refractivity contribution < 1.29 is 4.74 Å². The van der Waals surface area contributed by atoms with Crippen molar-refractivity contribution >= 4 is 5.82 Å². The van der Waals surface area contributed by atoms with Crippen LogP contribution < -0.4 is 10.5 Å². The molecule has 1 aliphatic rings. The second-order valence-electron chi connectivity index (χ2n) is 4.70. The molecule has 0 saturated carbocycles. The molecular formula is C15H16N2O. The van der Waals surface area contributed by atoms with Crippen molar-refractivity contribution in [2.45, 2.75) is 19.8 Å². The van der Waals surface area contributed by atoms with Crippen LogP contribution in [-0.2, 0) is 6.42 Å². The fourth-order valence-electron chi connectivity index (χ4n) is 2.41. The maximum Gasteiger partial charge on any atom is 0.123 e. The first-order valence-electron chi connectivity index (χ1n) is 6.22. The number of aryl methyl sites for hydroxylation is 2. The summed E-state index contributed by atoms with van der Waals surface area (Å²) in [6.07, 6.45) is 4.02. The van der Waals surface area contributed by atoms with Gasteiger partial charge in [-0.2, -0.15) is 0 Å². The van der Waals surface area contributed by atoms with Crippen LogP contribution in [0.25, 0.3) is 11.1 Å². The zero-order chi connectivity index (χ0) is 12.5. The number of rotatable bonds is 1. The van der Waals surface area contributed by atoms with Crippen molar-refractivity contribution in [3.63, 3.8) is 0 Å². The Labute approximate surface area is 107 Å². The number of nitrogens with zero attached hydrogens (tertiary/aromatic N) is 1. The van der Waals surface area contributed by atoms with E-state index in [1.807, 2.05) is 12.3 Å². The van der Waals surface area contributed by atoms with E-state index in [1.165, 1.54) is 11.1 Å². The lowest BCUT2D eigenvalue weighted by atomic mass is 9.97. The molecule has 0 unspecified atom stereocenters. The van der Waals surface area contributed by atoms with Gasteiger partial charge in [0.15, 0.2) is 0 Å². The molecule has 2 heterocycles. The Morgan fingerprint density at radius 3 is 3.00 bits per heavy atom. The zero-order valence-corrected chi connectivity index (χ0v) is 10.4. The topological polar surface area (TPSA) is 48.1 Å². The van der Waals surface area contributed by atoms with Gasteiger partial charge >= 0.3 is 0 Å². The van der Waals surface area contributed by atoms with E-state index in [0.717, 1.165) is 36.3 Å². The summed E-state index contributed by atoms with van der Waals surface area (Å²) in [4.78, 5) is 4.17. The van der Waals surface area contributed by atoms with Crippen molar-refractivity contribution in [2.24, 2.45) is 0 Å². The fourth-order valence-corrected chi connectivity index (χ4v) is 2.41. The third-order valence-electron chi connectivity index (χ3n) is 3.35. The van der Waals surface area contributed by atoms with Crippen molar-refractivity contribution in [1.29, 1.82) is 0 Å². The molecule has 0 radical (unpaired) electrons. The quantitative estimate of drug-likeness (QED) is 0.833. The van der Waals surface area contributed by atoms with E-state index >= 15 is 0 Å². The number of aromatic nitrogens is 1. The number of hydrogen-bond acceptors (Lipinski definition) is 3. The second-order valence-corrected chi connectivity index (χ2v) is 4.70. The predicted molar refractivity (Wildman–Crippen MR) is 72.6 cm³/mol. The molecule has 92 valence electrons. The fraction of sp³-hybridized carbons (Fsp3) is 0.267. The maximum absolute atomic E-state index is 5.69. The minimum atomic E-state index is 0.567. The van der Waals surface area contributed by atoms with Gasteiger partial charge in [-0.3, -0.25) is 0 Å². The molecule has 1 aliphatic heterocycles. The van der Waals surface area contributed by atoms with Crippen LogP contribution >= 0.6 is 0 Å². The lowest BCUT2D eigenvalue weighted by Crippen LogP contribution is -2.08. The van der Waals surface area contributed by atoms with Gasteiger partial charge in [0.2, 0.25) is 0 Å². The number of anilines is 1. The first-order chi connectivity index (χ1) is 8.74. The van der Waals surface area contributed by atoms with E-state index in [0.29, 0.717) is 5.82 Å². The molecule has 0 spiro atoms. The molecule has 3 nitrogen and oxygen atoms in total. The van der Waals surface area contributed by atoms with Crippen molar-refractivity contribution in [2.75, 3.05) is 12.3 Å². The highest BCUT2D eigenvalue weighted by atomic mass is 16.5. The van der Waals surface area contributed by atoms with E-state index in [4.69, 9.17) is 10.5 Å². The lowest BCUT2D eigenvalue weighted by molar-refractivity contribution is 0.288. The molecule has 0 bridgehead atoms. The summed E-state index contributed by atoms with van der Waals surface area (Å²) in [6.45, 7) is 2.89. The molecule has 0 amide bonds. The molecule has 18 heavy (non-hydrogen) atoms. The normalized spacial score (nSPS) is 13.8. The van der Waals surface area contributed by atoms with Gasteiger partial charge in [0, 0.05) is 11.8 Å². The number of ether oxygens (including phenoxy) is 1. The van der Waals surface area contributed by atoms with E-state index in [-0.39, 0.29) is 0 Å². The molecule has 2 N–H and O–H groups in total. The van der Waals surface area contributed by atoms with Crippen LogP contribution in [0.3, 0.4) is 0 Å². The van der Waals surface area contributed by atoms with E-state index in [9.17, 15) is 0 Å². The van der Waals surface area contributed by atoms with Gasteiger partial charge in [0.1, 0.15) is 11.6 Å². The number of nitrogen functional groups attached to an aromatic ring is 1. The standard InChI is InChI=1S/C15H16N2O/c1-10-7-15(16)17-9-13(10)11-4-5-14-12(8-11)3-2-6-18-14/h4-5,7-9H,2-3,6H2,1H3,(H2,16,17). The van der Waals surface area contributed by atoms with E-state index in [1.54, 1.807) is 0 Å². The van der Waals surface area contributed by atoms with Gasteiger partial charge in [0.05, 0.1) is 6.61 Å². The average Bonchev–Trinajstić information content (AvgIpc) is 2.38. The summed E-state index contributed by atoms with van der Waals surface area (Å²) in [5.41, 5.74) is 10.4. The minimum absolute atomic E-state index is 0.567. The van der Waals surface area contributed by atoms with Crippen molar-refractivity contribution in [3.05, 3.63) is 41.6 Å². The van der Waals surface area contributed by atoms with Gasteiger partial charge < -0.3 is 10.5 Å². The first-order valence-corrected chi connectivity index (χ1v) is 6.22. The highest BCUT2D eigenvalue weighted by Crippen LogP contribution is 2.31. The van der Waals surface area contributed by atoms with Crippen LogP contribution in [0.1, 0.15) is 17.5 Å². The Kier molecular flexibility index (Phi) is 2.67. The minimum Gasteiger partial charge on any atom is -0.493 e. The molecule has 3 heteroatoms.